The van der Waals surface area contributed by atoms with Gasteiger partial charge in [0.1, 0.15) is 5.01 Å². The number of hydrogen-bond acceptors (Lipinski definition) is 4. The summed E-state index contributed by atoms with van der Waals surface area (Å²) in [5, 5.41) is 12.7. The summed E-state index contributed by atoms with van der Waals surface area (Å²) in [6.45, 7) is 4.17. The summed E-state index contributed by atoms with van der Waals surface area (Å²) in [6.07, 6.45) is 5.99. The molecule has 19 heavy (non-hydrogen) atoms. The predicted molar refractivity (Wildman–Crippen MR) is 76.2 cm³/mol. The molecule has 0 saturated heterocycles. The lowest BCUT2D eigenvalue weighted by Gasteiger charge is -2.20. The Morgan fingerprint density at radius 2 is 2.21 bits per heavy atom. The topological polar surface area (TPSA) is 54.9 Å². The molecule has 3 atom stereocenters. The largest absolute Gasteiger partial charge is 0.301 e. The van der Waals surface area contributed by atoms with E-state index in [4.69, 9.17) is 0 Å². The van der Waals surface area contributed by atoms with E-state index >= 15 is 0 Å². The Balaban J connectivity index is 1.53. The monoisotopic (exact) mass is 279 g/mol. The normalized spacial score (nSPS) is 29.1. The van der Waals surface area contributed by atoms with E-state index in [9.17, 15) is 4.79 Å². The van der Waals surface area contributed by atoms with Crippen LogP contribution in [0.1, 0.15) is 56.9 Å². The Hall–Kier alpha value is -0.970. The van der Waals surface area contributed by atoms with E-state index < -0.39 is 0 Å². The van der Waals surface area contributed by atoms with Crippen LogP contribution in [0.5, 0.6) is 0 Å². The van der Waals surface area contributed by atoms with Crippen molar-refractivity contribution < 1.29 is 4.79 Å². The van der Waals surface area contributed by atoms with Crippen LogP contribution < -0.4 is 5.32 Å². The van der Waals surface area contributed by atoms with Gasteiger partial charge in [-0.15, -0.1) is 10.2 Å². The minimum atomic E-state index is 0.115. The van der Waals surface area contributed by atoms with E-state index in [2.05, 4.69) is 29.4 Å². The third-order valence-corrected chi connectivity index (χ3v) is 5.65. The van der Waals surface area contributed by atoms with E-state index in [1.54, 1.807) is 0 Å². The SMILES string of the molecule is CC(C)c1nnc(NC(=O)C[C@@H]2C[C@H]3CC[C@@H]2C3)s1. The number of hydrogen-bond donors (Lipinski definition) is 1. The van der Waals surface area contributed by atoms with E-state index in [0.29, 0.717) is 23.4 Å². The zero-order valence-electron chi connectivity index (χ0n) is 11.6. The van der Waals surface area contributed by atoms with Gasteiger partial charge < -0.3 is 5.32 Å². The van der Waals surface area contributed by atoms with Crippen LogP contribution in [0, 0.1) is 17.8 Å². The molecule has 3 rings (SSSR count). The summed E-state index contributed by atoms with van der Waals surface area (Å²) in [5.41, 5.74) is 0. The first-order chi connectivity index (χ1) is 9.11. The van der Waals surface area contributed by atoms with Crippen LogP contribution >= 0.6 is 11.3 Å². The van der Waals surface area contributed by atoms with Gasteiger partial charge in [0.05, 0.1) is 0 Å². The summed E-state index contributed by atoms with van der Waals surface area (Å²) in [4.78, 5) is 12.1. The molecule has 2 aliphatic carbocycles. The Morgan fingerprint density at radius 3 is 2.79 bits per heavy atom. The lowest BCUT2D eigenvalue weighted by atomic mass is 9.86. The number of rotatable bonds is 4. The van der Waals surface area contributed by atoms with Crippen molar-refractivity contribution >= 4 is 22.4 Å². The van der Waals surface area contributed by atoms with Gasteiger partial charge in [0, 0.05) is 12.3 Å². The highest BCUT2D eigenvalue weighted by atomic mass is 32.1. The lowest BCUT2D eigenvalue weighted by Crippen LogP contribution is -2.20. The first-order valence-corrected chi connectivity index (χ1v) is 8.06. The fourth-order valence-corrected chi connectivity index (χ4v) is 4.32. The number of anilines is 1. The summed E-state index contributed by atoms with van der Waals surface area (Å²) >= 11 is 1.49. The van der Waals surface area contributed by atoms with Gasteiger partial charge in [-0.25, -0.2) is 0 Å². The molecule has 1 N–H and O–H groups in total. The van der Waals surface area contributed by atoms with Crippen molar-refractivity contribution in [3.63, 3.8) is 0 Å². The zero-order chi connectivity index (χ0) is 13.4. The van der Waals surface area contributed by atoms with Crippen molar-refractivity contribution in [3.8, 4) is 0 Å². The summed E-state index contributed by atoms with van der Waals surface area (Å²) in [6, 6.07) is 0. The molecule has 2 aliphatic rings. The molecule has 2 bridgehead atoms. The van der Waals surface area contributed by atoms with Gasteiger partial charge in [-0.05, 0) is 37.0 Å². The van der Waals surface area contributed by atoms with Gasteiger partial charge in [-0.1, -0.05) is 31.6 Å². The summed E-state index contributed by atoms with van der Waals surface area (Å²) < 4.78 is 0. The molecule has 0 radical (unpaired) electrons. The van der Waals surface area contributed by atoms with Crippen molar-refractivity contribution in [2.75, 3.05) is 5.32 Å². The Morgan fingerprint density at radius 1 is 1.37 bits per heavy atom. The molecule has 4 nitrogen and oxygen atoms in total. The van der Waals surface area contributed by atoms with Crippen LogP contribution in [0.3, 0.4) is 0 Å². The van der Waals surface area contributed by atoms with Crippen LogP contribution in [-0.4, -0.2) is 16.1 Å². The fraction of sp³-hybridized carbons (Fsp3) is 0.786. The van der Waals surface area contributed by atoms with Crippen molar-refractivity contribution in [3.05, 3.63) is 5.01 Å². The molecule has 0 spiro atoms. The number of aromatic nitrogens is 2. The van der Waals surface area contributed by atoms with Crippen LogP contribution in [0.2, 0.25) is 0 Å². The predicted octanol–water partition coefficient (Wildman–Crippen LogP) is 3.43. The van der Waals surface area contributed by atoms with E-state index in [0.717, 1.165) is 16.8 Å². The van der Waals surface area contributed by atoms with Gasteiger partial charge in [0.2, 0.25) is 11.0 Å². The molecule has 1 aromatic rings. The number of nitrogens with one attached hydrogen (secondary N) is 1. The van der Waals surface area contributed by atoms with Gasteiger partial charge in [-0.2, -0.15) is 0 Å². The number of amides is 1. The average Bonchev–Trinajstić information content (AvgIpc) is 3.03. The molecule has 104 valence electrons. The molecule has 0 unspecified atom stereocenters. The lowest BCUT2D eigenvalue weighted by molar-refractivity contribution is -0.117. The highest BCUT2D eigenvalue weighted by Gasteiger charge is 2.40. The fourth-order valence-electron chi connectivity index (χ4n) is 3.55. The third-order valence-electron chi connectivity index (χ3n) is 4.51. The van der Waals surface area contributed by atoms with Gasteiger partial charge in [-0.3, -0.25) is 4.79 Å². The quantitative estimate of drug-likeness (QED) is 0.918. The van der Waals surface area contributed by atoms with Crippen molar-refractivity contribution in [2.24, 2.45) is 17.8 Å². The first kappa shape index (κ1) is 13.0. The Labute approximate surface area is 118 Å². The first-order valence-electron chi connectivity index (χ1n) is 7.25. The maximum atomic E-state index is 12.1. The summed E-state index contributed by atoms with van der Waals surface area (Å²) in [7, 11) is 0. The number of nitrogens with zero attached hydrogens (tertiary/aromatic N) is 2. The zero-order valence-corrected chi connectivity index (χ0v) is 12.4. The highest BCUT2D eigenvalue weighted by Crippen LogP contribution is 2.49. The van der Waals surface area contributed by atoms with Gasteiger partial charge in [0.15, 0.2) is 0 Å². The van der Waals surface area contributed by atoms with Crippen LogP contribution in [0.4, 0.5) is 5.13 Å². The maximum absolute atomic E-state index is 12.1. The van der Waals surface area contributed by atoms with Crippen molar-refractivity contribution in [2.45, 2.75) is 51.9 Å². The van der Waals surface area contributed by atoms with Gasteiger partial charge in [0.25, 0.3) is 0 Å². The Kier molecular flexibility index (Phi) is 3.56. The standard InChI is InChI=1S/C14H21N3OS/c1-8(2)13-16-17-14(19-13)15-12(18)7-11-6-9-3-4-10(11)5-9/h8-11H,3-7H2,1-2H3,(H,15,17,18)/t9-,10+,11-/m0/s1. The number of carbonyl (C=O) groups excluding carboxylic acids is 1. The minimum Gasteiger partial charge on any atom is -0.301 e. The molecular formula is C14H21N3OS. The summed E-state index contributed by atoms with van der Waals surface area (Å²) in [5.74, 6) is 2.79. The second kappa shape index (κ2) is 5.19. The number of carbonyl (C=O) groups is 1. The number of fused-ring (bicyclic) bond motifs is 2. The second-order valence-electron chi connectivity index (χ2n) is 6.29. The molecule has 0 aliphatic heterocycles. The molecule has 1 aromatic heterocycles. The molecule has 5 heteroatoms. The average molecular weight is 279 g/mol. The second-order valence-corrected chi connectivity index (χ2v) is 7.30. The molecular weight excluding hydrogens is 258 g/mol. The van der Waals surface area contributed by atoms with E-state index in [-0.39, 0.29) is 5.91 Å². The molecule has 1 heterocycles. The molecule has 1 amide bonds. The highest BCUT2D eigenvalue weighted by molar-refractivity contribution is 7.15. The van der Waals surface area contributed by atoms with Crippen molar-refractivity contribution in [1.82, 2.24) is 10.2 Å². The van der Waals surface area contributed by atoms with Crippen LogP contribution in [0.15, 0.2) is 0 Å². The van der Waals surface area contributed by atoms with E-state index in [1.165, 1.54) is 37.0 Å². The van der Waals surface area contributed by atoms with Crippen molar-refractivity contribution in [1.29, 1.82) is 0 Å². The minimum absolute atomic E-state index is 0.115. The molecule has 2 saturated carbocycles. The third kappa shape index (κ3) is 2.81. The molecule has 0 aromatic carbocycles. The van der Waals surface area contributed by atoms with Crippen LogP contribution in [-0.2, 0) is 4.79 Å². The van der Waals surface area contributed by atoms with Gasteiger partial charge >= 0.3 is 0 Å². The Bertz CT molecular complexity index is 471. The molecule has 2 fully saturated rings. The van der Waals surface area contributed by atoms with E-state index in [1.807, 2.05) is 0 Å². The smallest absolute Gasteiger partial charge is 0.226 e. The van der Waals surface area contributed by atoms with Crippen LogP contribution in [0.25, 0.3) is 0 Å². The maximum Gasteiger partial charge on any atom is 0.226 e.